The Hall–Kier alpha value is -3.93. The van der Waals surface area contributed by atoms with Crippen LogP contribution < -0.4 is 9.64 Å². The van der Waals surface area contributed by atoms with E-state index in [4.69, 9.17) is 9.47 Å². The van der Waals surface area contributed by atoms with Crippen LogP contribution in [-0.4, -0.2) is 23.9 Å². The molecule has 0 saturated heterocycles. The molecule has 1 fully saturated rings. The van der Waals surface area contributed by atoms with Crippen molar-refractivity contribution in [3.8, 4) is 11.5 Å². The van der Waals surface area contributed by atoms with Gasteiger partial charge in [0, 0.05) is 0 Å². The van der Waals surface area contributed by atoms with Crippen LogP contribution in [0, 0.1) is 0 Å². The standard InChI is InChI=1S/C31H31NO5/c1-31(2,3)21-10-14-24(15-11-21)36-25-16-12-22(13-17-25)32-28(33)26-18-9-20(19-27(26)29(32)34)30(35)37-23-7-5-4-6-8-23/h9-19,23H,4-8H2,1-3H3. The molecular formula is C31H31NO5. The van der Waals surface area contributed by atoms with Crippen LogP contribution in [0.3, 0.4) is 0 Å². The summed E-state index contributed by atoms with van der Waals surface area (Å²) in [6.07, 6.45) is 4.92. The molecule has 0 bridgehead atoms. The van der Waals surface area contributed by atoms with Gasteiger partial charge in [-0.2, -0.15) is 0 Å². The molecule has 190 valence electrons. The minimum absolute atomic E-state index is 0.0586. The summed E-state index contributed by atoms with van der Waals surface area (Å²) in [5, 5.41) is 0. The van der Waals surface area contributed by atoms with Crippen LogP contribution in [-0.2, 0) is 10.2 Å². The van der Waals surface area contributed by atoms with Gasteiger partial charge in [-0.1, -0.05) is 39.3 Å². The van der Waals surface area contributed by atoms with Crippen molar-refractivity contribution in [2.45, 2.75) is 64.4 Å². The molecule has 3 aromatic carbocycles. The van der Waals surface area contributed by atoms with Gasteiger partial charge < -0.3 is 9.47 Å². The van der Waals surface area contributed by atoms with E-state index in [1.54, 1.807) is 30.3 Å². The maximum Gasteiger partial charge on any atom is 0.338 e. The number of carbonyl (C=O) groups is 3. The van der Waals surface area contributed by atoms with E-state index in [0.29, 0.717) is 17.2 Å². The molecule has 1 aliphatic carbocycles. The molecule has 2 aliphatic rings. The lowest BCUT2D eigenvalue weighted by Crippen LogP contribution is -2.29. The highest BCUT2D eigenvalue weighted by Crippen LogP contribution is 2.32. The van der Waals surface area contributed by atoms with Gasteiger partial charge in [-0.05, 0) is 91.3 Å². The highest BCUT2D eigenvalue weighted by molar-refractivity contribution is 6.34. The van der Waals surface area contributed by atoms with E-state index in [0.717, 1.165) is 37.0 Å². The monoisotopic (exact) mass is 497 g/mol. The summed E-state index contributed by atoms with van der Waals surface area (Å²) in [6, 6.07) is 19.3. The molecule has 0 radical (unpaired) electrons. The van der Waals surface area contributed by atoms with Crippen molar-refractivity contribution in [1.29, 1.82) is 0 Å². The van der Waals surface area contributed by atoms with Gasteiger partial charge in [0.25, 0.3) is 11.8 Å². The second-order valence-electron chi connectivity index (χ2n) is 10.7. The third kappa shape index (κ3) is 5.15. The van der Waals surface area contributed by atoms with E-state index < -0.39 is 17.8 Å². The number of imide groups is 1. The molecule has 0 unspecified atom stereocenters. The molecule has 6 heteroatoms. The maximum absolute atomic E-state index is 13.2. The third-order valence-electron chi connectivity index (χ3n) is 7.00. The number of hydrogen-bond acceptors (Lipinski definition) is 5. The van der Waals surface area contributed by atoms with Crippen molar-refractivity contribution in [3.05, 3.63) is 89.0 Å². The van der Waals surface area contributed by atoms with E-state index in [-0.39, 0.29) is 28.2 Å². The number of amides is 2. The summed E-state index contributed by atoms with van der Waals surface area (Å²) in [7, 11) is 0. The first-order chi connectivity index (χ1) is 17.7. The molecule has 0 spiro atoms. The second kappa shape index (κ2) is 9.85. The number of fused-ring (bicyclic) bond motifs is 1. The lowest BCUT2D eigenvalue weighted by Gasteiger charge is -2.21. The second-order valence-corrected chi connectivity index (χ2v) is 10.7. The van der Waals surface area contributed by atoms with E-state index in [9.17, 15) is 14.4 Å². The number of hydrogen-bond donors (Lipinski definition) is 0. The van der Waals surface area contributed by atoms with Gasteiger partial charge in [-0.25, -0.2) is 9.69 Å². The molecular weight excluding hydrogens is 466 g/mol. The Labute approximate surface area is 217 Å². The van der Waals surface area contributed by atoms with E-state index in [1.807, 2.05) is 24.3 Å². The average molecular weight is 498 g/mol. The molecule has 6 nitrogen and oxygen atoms in total. The van der Waals surface area contributed by atoms with Crippen molar-refractivity contribution in [1.82, 2.24) is 0 Å². The summed E-state index contributed by atoms with van der Waals surface area (Å²) in [5.41, 5.74) is 2.48. The minimum atomic E-state index is -0.459. The SMILES string of the molecule is CC(C)(C)c1ccc(Oc2ccc(N3C(=O)c4ccc(C(=O)OC5CCCCC5)cc4C3=O)cc2)cc1. The average Bonchev–Trinajstić information content (AvgIpc) is 3.14. The number of anilines is 1. The van der Waals surface area contributed by atoms with Gasteiger partial charge in [-0.15, -0.1) is 0 Å². The topological polar surface area (TPSA) is 72.9 Å². The Morgan fingerprint density at radius 2 is 1.38 bits per heavy atom. The molecule has 0 N–H and O–H groups in total. The van der Waals surface area contributed by atoms with Crippen LogP contribution in [0.2, 0.25) is 0 Å². The zero-order chi connectivity index (χ0) is 26.2. The Kier molecular flexibility index (Phi) is 6.59. The van der Waals surface area contributed by atoms with E-state index in [1.165, 1.54) is 17.7 Å². The number of nitrogens with zero attached hydrogens (tertiary/aromatic N) is 1. The third-order valence-corrected chi connectivity index (χ3v) is 7.00. The van der Waals surface area contributed by atoms with Crippen LogP contribution in [0.4, 0.5) is 5.69 Å². The van der Waals surface area contributed by atoms with Crippen molar-refractivity contribution in [2.75, 3.05) is 4.90 Å². The summed E-state index contributed by atoms with van der Waals surface area (Å²) in [5.74, 6) is -0.0337. The summed E-state index contributed by atoms with van der Waals surface area (Å²) in [4.78, 5) is 40.0. The first kappa shape index (κ1) is 24.8. The predicted octanol–water partition coefficient (Wildman–Crippen LogP) is 7.07. The lowest BCUT2D eigenvalue weighted by molar-refractivity contribution is 0.0211. The Morgan fingerprint density at radius 1 is 0.784 bits per heavy atom. The lowest BCUT2D eigenvalue weighted by atomic mass is 9.87. The Morgan fingerprint density at radius 3 is 2.00 bits per heavy atom. The number of benzene rings is 3. The molecule has 1 heterocycles. The van der Waals surface area contributed by atoms with Crippen molar-refractivity contribution in [3.63, 3.8) is 0 Å². The molecule has 37 heavy (non-hydrogen) atoms. The molecule has 0 aromatic heterocycles. The number of ether oxygens (including phenoxy) is 2. The van der Waals surface area contributed by atoms with Crippen LogP contribution in [0.1, 0.15) is 89.5 Å². The summed E-state index contributed by atoms with van der Waals surface area (Å²) < 4.78 is 11.6. The highest BCUT2D eigenvalue weighted by atomic mass is 16.5. The van der Waals surface area contributed by atoms with Gasteiger partial charge in [0.1, 0.15) is 17.6 Å². The highest BCUT2D eigenvalue weighted by Gasteiger charge is 2.37. The fraction of sp³-hybridized carbons (Fsp3) is 0.323. The smallest absolute Gasteiger partial charge is 0.338 e. The van der Waals surface area contributed by atoms with E-state index >= 15 is 0 Å². The number of esters is 1. The van der Waals surface area contributed by atoms with Crippen molar-refractivity contribution >= 4 is 23.5 Å². The molecule has 3 aromatic rings. The molecule has 1 aliphatic heterocycles. The van der Waals surface area contributed by atoms with Gasteiger partial charge in [0.2, 0.25) is 0 Å². The van der Waals surface area contributed by atoms with Crippen LogP contribution in [0.25, 0.3) is 0 Å². The van der Waals surface area contributed by atoms with Gasteiger partial charge >= 0.3 is 5.97 Å². The van der Waals surface area contributed by atoms with Gasteiger partial charge in [0.15, 0.2) is 0 Å². The fourth-order valence-corrected chi connectivity index (χ4v) is 4.83. The molecule has 0 atom stereocenters. The van der Waals surface area contributed by atoms with Crippen LogP contribution >= 0.6 is 0 Å². The Balaban J connectivity index is 1.29. The van der Waals surface area contributed by atoms with Crippen LogP contribution in [0.5, 0.6) is 11.5 Å². The molecule has 1 saturated carbocycles. The Bertz CT molecular complexity index is 1330. The normalized spacial score (nSPS) is 16.0. The van der Waals surface area contributed by atoms with Crippen molar-refractivity contribution in [2.24, 2.45) is 0 Å². The summed E-state index contributed by atoms with van der Waals surface area (Å²) in [6.45, 7) is 6.47. The fourth-order valence-electron chi connectivity index (χ4n) is 4.83. The first-order valence-corrected chi connectivity index (χ1v) is 12.8. The van der Waals surface area contributed by atoms with Gasteiger partial charge in [-0.3, -0.25) is 9.59 Å². The summed E-state index contributed by atoms with van der Waals surface area (Å²) >= 11 is 0. The number of rotatable bonds is 5. The van der Waals surface area contributed by atoms with Gasteiger partial charge in [0.05, 0.1) is 22.4 Å². The maximum atomic E-state index is 13.2. The minimum Gasteiger partial charge on any atom is -0.459 e. The zero-order valence-corrected chi connectivity index (χ0v) is 21.5. The molecule has 2 amide bonds. The van der Waals surface area contributed by atoms with Crippen LogP contribution in [0.15, 0.2) is 66.7 Å². The number of carbonyl (C=O) groups excluding carboxylic acids is 3. The zero-order valence-electron chi connectivity index (χ0n) is 21.5. The first-order valence-electron chi connectivity index (χ1n) is 12.8. The largest absolute Gasteiger partial charge is 0.459 e. The predicted molar refractivity (Wildman–Crippen MR) is 142 cm³/mol. The van der Waals surface area contributed by atoms with E-state index in [2.05, 4.69) is 20.8 Å². The molecule has 5 rings (SSSR count). The quantitative estimate of drug-likeness (QED) is 0.279. The van der Waals surface area contributed by atoms with Crippen molar-refractivity contribution < 1.29 is 23.9 Å².